The van der Waals surface area contributed by atoms with Gasteiger partial charge in [-0.1, -0.05) is 40.3 Å². The van der Waals surface area contributed by atoms with Gasteiger partial charge >= 0.3 is 0 Å². The zero-order chi connectivity index (χ0) is 22.2. The number of nitrogens with zero attached hydrogens (tertiary/aromatic N) is 2. The van der Waals surface area contributed by atoms with E-state index in [2.05, 4.69) is 27.6 Å². The first-order valence-corrected chi connectivity index (χ1v) is 11.4. The number of halogens is 1. The molecule has 0 bridgehead atoms. The lowest BCUT2D eigenvalue weighted by molar-refractivity contribution is -0.116. The van der Waals surface area contributed by atoms with Crippen molar-refractivity contribution in [3.8, 4) is 23.1 Å². The van der Waals surface area contributed by atoms with E-state index in [1.807, 2.05) is 55.5 Å². The van der Waals surface area contributed by atoms with Crippen molar-refractivity contribution in [2.45, 2.75) is 20.4 Å². The highest BCUT2D eigenvalue weighted by Gasteiger charge is 2.20. The average molecular weight is 532 g/mol. The third-order valence-electron chi connectivity index (χ3n) is 4.59. The molecule has 7 heteroatoms. The number of methoxy groups -OCH3 is 1. The molecule has 31 heavy (non-hydrogen) atoms. The van der Waals surface area contributed by atoms with Gasteiger partial charge in [-0.25, -0.2) is 4.98 Å². The molecule has 0 aliphatic rings. The molecule has 162 valence electrons. The SMILES string of the molecule is COc1ccc(OCCI)c(CN(C(C)=O)c2cccnc2Oc2ccc(C)cc2)c1. The second kappa shape index (κ2) is 11.0. The van der Waals surface area contributed by atoms with Crippen LogP contribution in [0.3, 0.4) is 0 Å². The maximum absolute atomic E-state index is 12.6. The summed E-state index contributed by atoms with van der Waals surface area (Å²) in [5.74, 6) is 2.29. The third kappa shape index (κ3) is 6.10. The Balaban J connectivity index is 1.95. The fourth-order valence-electron chi connectivity index (χ4n) is 3.02. The van der Waals surface area contributed by atoms with Crippen LogP contribution in [-0.4, -0.2) is 29.0 Å². The van der Waals surface area contributed by atoms with Crippen LogP contribution < -0.4 is 19.1 Å². The van der Waals surface area contributed by atoms with E-state index in [9.17, 15) is 4.79 Å². The van der Waals surface area contributed by atoms with Crippen molar-refractivity contribution in [3.05, 3.63) is 71.9 Å². The quantitative estimate of drug-likeness (QED) is 0.267. The number of ether oxygens (including phenoxy) is 3. The van der Waals surface area contributed by atoms with Crippen LogP contribution in [0.15, 0.2) is 60.8 Å². The monoisotopic (exact) mass is 532 g/mol. The minimum atomic E-state index is -0.135. The molecule has 0 saturated heterocycles. The summed E-state index contributed by atoms with van der Waals surface area (Å²) in [4.78, 5) is 18.6. The van der Waals surface area contributed by atoms with Gasteiger partial charge in [0, 0.05) is 23.1 Å². The highest BCUT2D eigenvalue weighted by atomic mass is 127. The van der Waals surface area contributed by atoms with Crippen LogP contribution in [0.4, 0.5) is 5.69 Å². The first-order valence-electron chi connectivity index (χ1n) is 9.85. The number of benzene rings is 2. The lowest BCUT2D eigenvalue weighted by Crippen LogP contribution is -2.28. The zero-order valence-corrected chi connectivity index (χ0v) is 20.0. The molecule has 1 amide bonds. The topological polar surface area (TPSA) is 60.9 Å². The van der Waals surface area contributed by atoms with Crippen molar-refractivity contribution in [1.29, 1.82) is 0 Å². The van der Waals surface area contributed by atoms with Crippen LogP contribution in [0.1, 0.15) is 18.1 Å². The summed E-state index contributed by atoms with van der Waals surface area (Å²) in [5, 5.41) is 0. The van der Waals surface area contributed by atoms with Crippen LogP contribution in [0.5, 0.6) is 23.1 Å². The van der Waals surface area contributed by atoms with Gasteiger partial charge in [-0.2, -0.15) is 0 Å². The molecule has 1 aromatic heterocycles. The number of rotatable bonds is 9. The van der Waals surface area contributed by atoms with Gasteiger partial charge in [0.05, 0.1) is 20.3 Å². The van der Waals surface area contributed by atoms with Crippen molar-refractivity contribution < 1.29 is 19.0 Å². The summed E-state index contributed by atoms with van der Waals surface area (Å²) in [6, 6.07) is 16.9. The number of carbonyl (C=O) groups excluding carboxylic acids is 1. The van der Waals surface area contributed by atoms with Crippen LogP contribution in [0.25, 0.3) is 0 Å². The molecule has 0 aliphatic carbocycles. The van der Waals surface area contributed by atoms with Crippen LogP contribution in [0, 0.1) is 6.92 Å². The van der Waals surface area contributed by atoms with E-state index in [1.54, 1.807) is 24.3 Å². The summed E-state index contributed by atoms with van der Waals surface area (Å²) in [6.45, 7) is 4.40. The maximum atomic E-state index is 12.6. The van der Waals surface area contributed by atoms with E-state index in [-0.39, 0.29) is 5.91 Å². The lowest BCUT2D eigenvalue weighted by atomic mass is 10.1. The maximum Gasteiger partial charge on any atom is 0.243 e. The Morgan fingerprint density at radius 3 is 2.52 bits per heavy atom. The fraction of sp³-hybridized carbons (Fsp3) is 0.250. The summed E-state index contributed by atoms with van der Waals surface area (Å²) >= 11 is 2.26. The predicted octanol–water partition coefficient (Wildman–Crippen LogP) is 5.56. The molecule has 0 N–H and O–H groups in total. The van der Waals surface area contributed by atoms with Crippen LogP contribution >= 0.6 is 22.6 Å². The fourth-order valence-corrected chi connectivity index (χ4v) is 3.24. The molecule has 2 aromatic carbocycles. The van der Waals surface area contributed by atoms with E-state index in [4.69, 9.17) is 14.2 Å². The zero-order valence-electron chi connectivity index (χ0n) is 17.8. The Morgan fingerprint density at radius 1 is 1.10 bits per heavy atom. The van der Waals surface area contributed by atoms with Crippen LogP contribution in [0.2, 0.25) is 0 Å². The average Bonchev–Trinajstić information content (AvgIpc) is 2.78. The Bertz CT molecular complexity index is 1020. The minimum absolute atomic E-state index is 0.135. The number of alkyl halides is 1. The van der Waals surface area contributed by atoms with E-state index >= 15 is 0 Å². The molecule has 0 saturated carbocycles. The molecule has 0 unspecified atom stereocenters. The first kappa shape index (κ1) is 22.9. The highest BCUT2D eigenvalue weighted by Crippen LogP contribution is 2.33. The normalized spacial score (nSPS) is 10.5. The van der Waals surface area contributed by atoms with Gasteiger partial charge in [0.1, 0.15) is 22.9 Å². The molecule has 3 aromatic rings. The number of aryl methyl sites for hydroxylation is 1. The van der Waals surface area contributed by atoms with Gasteiger partial charge in [-0.15, -0.1) is 0 Å². The summed E-state index contributed by atoms with van der Waals surface area (Å²) in [7, 11) is 1.61. The molecule has 0 aliphatic heterocycles. The van der Waals surface area contributed by atoms with E-state index in [0.29, 0.717) is 42.0 Å². The molecule has 0 spiro atoms. The van der Waals surface area contributed by atoms with Crippen molar-refractivity contribution in [2.24, 2.45) is 0 Å². The van der Waals surface area contributed by atoms with Gasteiger partial charge < -0.3 is 19.1 Å². The molecular formula is C24H25IN2O4. The van der Waals surface area contributed by atoms with Gasteiger partial charge in [-0.3, -0.25) is 4.79 Å². The van der Waals surface area contributed by atoms with Gasteiger partial charge in [0.25, 0.3) is 0 Å². The second-order valence-corrected chi connectivity index (χ2v) is 7.94. The molecule has 0 radical (unpaired) electrons. The number of amides is 1. The number of pyridine rings is 1. The molecule has 6 nitrogen and oxygen atoms in total. The molecule has 1 heterocycles. The molecular weight excluding hydrogens is 507 g/mol. The van der Waals surface area contributed by atoms with Crippen molar-refractivity contribution in [3.63, 3.8) is 0 Å². The summed E-state index contributed by atoms with van der Waals surface area (Å²) in [6.07, 6.45) is 1.64. The van der Waals surface area contributed by atoms with Crippen LogP contribution in [-0.2, 0) is 11.3 Å². The van der Waals surface area contributed by atoms with E-state index in [1.165, 1.54) is 6.92 Å². The van der Waals surface area contributed by atoms with Gasteiger partial charge in [-0.05, 0) is 49.4 Å². The smallest absolute Gasteiger partial charge is 0.243 e. The molecule has 3 rings (SSSR count). The largest absolute Gasteiger partial charge is 0.497 e. The first-order chi connectivity index (χ1) is 15.0. The molecule has 0 fully saturated rings. The summed E-state index contributed by atoms with van der Waals surface area (Å²) in [5.41, 5.74) is 2.55. The third-order valence-corrected chi connectivity index (χ3v) is 5.03. The number of aromatic nitrogens is 1. The predicted molar refractivity (Wildman–Crippen MR) is 130 cm³/mol. The second-order valence-electron chi connectivity index (χ2n) is 6.86. The van der Waals surface area contributed by atoms with Crippen molar-refractivity contribution >= 4 is 34.2 Å². The number of carbonyl (C=O) groups is 1. The lowest BCUT2D eigenvalue weighted by Gasteiger charge is -2.24. The van der Waals surface area contributed by atoms with Crippen molar-refractivity contribution in [1.82, 2.24) is 4.98 Å². The van der Waals surface area contributed by atoms with E-state index < -0.39 is 0 Å². The Labute approximate surface area is 196 Å². The van der Waals surface area contributed by atoms with Gasteiger partial charge in [0.2, 0.25) is 11.8 Å². The Morgan fingerprint density at radius 2 is 1.84 bits per heavy atom. The van der Waals surface area contributed by atoms with E-state index in [0.717, 1.165) is 15.6 Å². The highest BCUT2D eigenvalue weighted by molar-refractivity contribution is 14.1. The number of hydrogen-bond donors (Lipinski definition) is 0. The number of hydrogen-bond acceptors (Lipinski definition) is 5. The number of anilines is 1. The molecule has 0 atom stereocenters. The Kier molecular flexibility index (Phi) is 8.11. The Hall–Kier alpha value is -2.81. The summed E-state index contributed by atoms with van der Waals surface area (Å²) < 4.78 is 18.1. The van der Waals surface area contributed by atoms with Gasteiger partial charge in [0.15, 0.2) is 0 Å². The van der Waals surface area contributed by atoms with Crippen molar-refractivity contribution in [2.75, 3.05) is 23.0 Å². The standard InChI is InChI=1S/C24H25IN2O4/c1-17-6-8-20(9-7-17)31-24-22(5-4-13-26-24)27(18(2)28)16-19-15-21(29-3)10-11-23(19)30-14-12-25/h4-11,13,15H,12,14,16H2,1-3H3. The minimum Gasteiger partial charge on any atom is -0.497 e.